The van der Waals surface area contributed by atoms with Crippen molar-refractivity contribution in [2.45, 2.75) is 24.6 Å². The molecule has 0 saturated heterocycles. The summed E-state index contributed by atoms with van der Waals surface area (Å²) in [4.78, 5) is 21.2. The summed E-state index contributed by atoms with van der Waals surface area (Å²) in [6.07, 6.45) is 0. The number of rotatable bonds is 4. The van der Waals surface area contributed by atoms with Crippen molar-refractivity contribution in [1.82, 2.24) is 5.32 Å². The van der Waals surface area contributed by atoms with Crippen LogP contribution in [0.15, 0.2) is 0 Å². The molecule has 13 heavy (non-hydrogen) atoms. The smallest absolute Gasteiger partial charge is 0.322 e. The van der Waals surface area contributed by atoms with Gasteiger partial charge >= 0.3 is 5.97 Å². The van der Waals surface area contributed by atoms with E-state index >= 15 is 0 Å². The molecule has 0 bridgehead atoms. The molecule has 5 nitrogen and oxygen atoms in total. The molecule has 0 spiro atoms. The lowest BCUT2D eigenvalue weighted by Crippen LogP contribution is -2.51. The van der Waals surface area contributed by atoms with Gasteiger partial charge in [-0.15, -0.1) is 0 Å². The zero-order chi connectivity index (χ0) is 10.6. The predicted octanol–water partition coefficient (Wildman–Crippen LogP) is -0.777. The molecule has 0 saturated carbocycles. The number of nitrogens with two attached hydrogens (primary N) is 1. The molecule has 0 fully saturated rings. The first kappa shape index (κ1) is 12.2. The first-order valence-electron chi connectivity index (χ1n) is 3.72. The SMILES string of the molecule is CC(C)(S)[C@H](N)C(=O)NCC(=O)O. The molecular weight excluding hydrogens is 192 g/mol. The van der Waals surface area contributed by atoms with Gasteiger partial charge < -0.3 is 16.2 Å². The van der Waals surface area contributed by atoms with E-state index in [1.54, 1.807) is 13.8 Å². The lowest BCUT2D eigenvalue weighted by atomic mass is 10.0. The van der Waals surface area contributed by atoms with Crippen LogP contribution >= 0.6 is 12.6 Å². The monoisotopic (exact) mass is 206 g/mol. The largest absolute Gasteiger partial charge is 0.480 e. The van der Waals surface area contributed by atoms with Crippen LogP contribution in [0.3, 0.4) is 0 Å². The third kappa shape index (κ3) is 4.74. The Kier molecular flexibility index (Phi) is 4.22. The molecule has 0 aromatic carbocycles. The number of carbonyl (C=O) groups is 2. The van der Waals surface area contributed by atoms with Crippen LogP contribution in [0.1, 0.15) is 13.8 Å². The van der Waals surface area contributed by atoms with Gasteiger partial charge in [0.1, 0.15) is 6.54 Å². The average molecular weight is 206 g/mol. The number of nitrogens with one attached hydrogen (secondary N) is 1. The third-order valence-corrected chi connectivity index (χ3v) is 1.74. The summed E-state index contributed by atoms with van der Waals surface area (Å²) in [5.74, 6) is -1.61. The van der Waals surface area contributed by atoms with E-state index in [9.17, 15) is 9.59 Å². The van der Waals surface area contributed by atoms with Crippen LogP contribution in [0, 0.1) is 0 Å². The second-order valence-electron chi connectivity index (χ2n) is 3.24. The van der Waals surface area contributed by atoms with Gasteiger partial charge in [0.15, 0.2) is 0 Å². The standard InChI is InChI=1S/C7H14N2O3S/c1-7(2,13)5(8)6(12)9-3-4(10)11/h5,13H,3,8H2,1-2H3,(H,9,12)(H,10,11)/t5-/m1/s1. The summed E-state index contributed by atoms with van der Waals surface area (Å²) < 4.78 is -0.664. The van der Waals surface area contributed by atoms with Gasteiger partial charge in [0.2, 0.25) is 5.91 Å². The molecule has 0 radical (unpaired) electrons. The van der Waals surface area contributed by atoms with Gasteiger partial charge in [0.25, 0.3) is 0 Å². The number of carboxylic acid groups (broad SMARTS) is 1. The van der Waals surface area contributed by atoms with Crippen LogP contribution in [0.4, 0.5) is 0 Å². The molecule has 0 aliphatic heterocycles. The van der Waals surface area contributed by atoms with Crippen LogP contribution in [0.5, 0.6) is 0 Å². The Bertz CT molecular complexity index is 212. The summed E-state index contributed by atoms with van der Waals surface area (Å²) in [5, 5.41) is 10.4. The lowest BCUT2D eigenvalue weighted by molar-refractivity contribution is -0.138. The number of aliphatic carboxylic acids is 1. The van der Waals surface area contributed by atoms with E-state index in [-0.39, 0.29) is 0 Å². The minimum absolute atomic E-state index is 0.420. The van der Waals surface area contributed by atoms with Crippen LogP contribution in [-0.4, -0.2) is 34.3 Å². The Morgan fingerprint density at radius 3 is 2.38 bits per heavy atom. The minimum atomic E-state index is -1.10. The van der Waals surface area contributed by atoms with E-state index in [1.165, 1.54) is 0 Å². The molecule has 0 rings (SSSR count). The fourth-order valence-electron chi connectivity index (χ4n) is 0.594. The Morgan fingerprint density at radius 2 is 2.08 bits per heavy atom. The molecule has 0 aliphatic carbocycles. The lowest BCUT2D eigenvalue weighted by Gasteiger charge is -2.24. The van der Waals surface area contributed by atoms with E-state index in [4.69, 9.17) is 10.8 Å². The van der Waals surface area contributed by atoms with Crippen LogP contribution < -0.4 is 11.1 Å². The van der Waals surface area contributed by atoms with Gasteiger partial charge in [-0.05, 0) is 13.8 Å². The first-order valence-corrected chi connectivity index (χ1v) is 4.17. The van der Waals surface area contributed by atoms with Gasteiger partial charge in [-0.25, -0.2) is 0 Å². The quantitative estimate of drug-likeness (QED) is 0.454. The van der Waals surface area contributed by atoms with Crippen molar-refractivity contribution in [2.75, 3.05) is 6.54 Å². The van der Waals surface area contributed by atoms with Crippen molar-refractivity contribution in [2.24, 2.45) is 5.73 Å². The van der Waals surface area contributed by atoms with E-state index in [2.05, 4.69) is 17.9 Å². The molecule has 0 aliphatic rings. The molecule has 0 unspecified atom stereocenters. The summed E-state index contributed by atoms with van der Waals surface area (Å²) in [6.45, 7) is 2.94. The van der Waals surface area contributed by atoms with Crippen LogP contribution in [-0.2, 0) is 9.59 Å². The third-order valence-electron chi connectivity index (χ3n) is 1.46. The maximum absolute atomic E-state index is 11.1. The summed E-state index contributed by atoms with van der Waals surface area (Å²) in [6, 6.07) is -0.824. The van der Waals surface area contributed by atoms with Gasteiger partial charge in [-0.1, -0.05) is 0 Å². The predicted molar refractivity (Wildman–Crippen MR) is 51.7 cm³/mol. The van der Waals surface area contributed by atoms with E-state index < -0.39 is 29.2 Å². The fraction of sp³-hybridized carbons (Fsp3) is 0.714. The minimum Gasteiger partial charge on any atom is -0.480 e. The van der Waals surface area contributed by atoms with Crippen molar-refractivity contribution in [3.8, 4) is 0 Å². The molecular formula is C7H14N2O3S. The van der Waals surface area contributed by atoms with Crippen LogP contribution in [0.25, 0.3) is 0 Å². The molecule has 0 aromatic heterocycles. The Morgan fingerprint density at radius 1 is 1.62 bits per heavy atom. The number of carboxylic acids is 1. The van der Waals surface area contributed by atoms with E-state index in [0.717, 1.165) is 0 Å². The fourth-order valence-corrected chi connectivity index (χ4v) is 0.711. The Balaban J connectivity index is 4.05. The number of carbonyl (C=O) groups excluding carboxylic acids is 1. The van der Waals surface area contributed by atoms with E-state index in [0.29, 0.717) is 0 Å². The van der Waals surface area contributed by atoms with Crippen molar-refractivity contribution in [3.63, 3.8) is 0 Å². The van der Waals surface area contributed by atoms with E-state index in [1.807, 2.05) is 0 Å². The van der Waals surface area contributed by atoms with Gasteiger partial charge in [-0.2, -0.15) is 12.6 Å². The molecule has 0 aromatic rings. The zero-order valence-electron chi connectivity index (χ0n) is 7.57. The maximum atomic E-state index is 11.1. The Hall–Kier alpha value is -0.750. The van der Waals surface area contributed by atoms with Gasteiger partial charge in [0.05, 0.1) is 6.04 Å². The van der Waals surface area contributed by atoms with Gasteiger partial charge in [-0.3, -0.25) is 9.59 Å². The maximum Gasteiger partial charge on any atom is 0.322 e. The highest BCUT2D eigenvalue weighted by molar-refractivity contribution is 7.81. The second kappa shape index (κ2) is 4.48. The Labute approximate surface area is 82.1 Å². The van der Waals surface area contributed by atoms with Gasteiger partial charge in [0, 0.05) is 4.75 Å². The zero-order valence-corrected chi connectivity index (χ0v) is 8.47. The molecule has 4 N–H and O–H groups in total. The number of hydrogen-bond acceptors (Lipinski definition) is 4. The number of hydrogen-bond donors (Lipinski definition) is 4. The normalized spacial score (nSPS) is 13.5. The summed E-state index contributed by atoms with van der Waals surface area (Å²) >= 11 is 4.10. The number of thiol groups is 1. The van der Waals surface area contributed by atoms with Crippen molar-refractivity contribution in [1.29, 1.82) is 0 Å². The summed E-state index contributed by atoms with van der Waals surface area (Å²) in [5.41, 5.74) is 5.50. The van der Waals surface area contributed by atoms with Crippen LogP contribution in [0.2, 0.25) is 0 Å². The topological polar surface area (TPSA) is 92.4 Å². The highest BCUT2D eigenvalue weighted by atomic mass is 32.1. The highest BCUT2D eigenvalue weighted by Crippen LogP contribution is 2.15. The molecule has 6 heteroatoms. The highest BCUT2D eigenvalue weighted by Gasteiger charge is 2.28. The first-order chi connectivity index (χ1) is 5.75. The summed E-state index contributed by atoms with van der Waals surface area (Å²) in [7, 11) is 0. The molecule has 76 valence electrons. The van der Waals surface area contributed by atoms with Crippen molar-refractivity contribution < 1.29 is 14.7 Å². The number of amides is 1. The molecule has 1 atom stereocenters. The van der Waals surface area contributed by atoms with Crippen molar-refractivity contribution >= 4 is 24.5 Å². The molecule has 1 amide bonds. The molecule has 0 heterocycles. The average Bonchev–Trinajstić information content (AvgIpc) is 1.96. The second-order valence-corrected chi connectivity index (χ2v) is 4.40. The van der Waals surface area contributed by atoms with Crippen molar-refractivity contribution in [3.05, 3.63) is 0 Å².